The number of halogens is 2. The van der Waals surface area contributed by atoms with Gasteiger partial charge in [-0.2, -0.15) is 0 Å². The molecule has 2 N–H and O–H groups in total. The summed E-state index contributed by atoms with van der Waals surface area (Å²) in [6, 6.07) is 6.90. The molecule has 34 heavy (non-hydrogen) atoms. The lowest BCUT2D eigenvalue weighted by atomic mass is 9.79. The quantitative estimate of drug-likeness (QED) is 0.632. The van der Waals surface area contributed by atoms with Crippen molar-refractivity contribution in [3.63, 3.8) is 0 Å². The van der Waals surface area contributed by atoms with Crippen molar-refractivity contribution in [3.05, 3.63) is 54.0 Å². The van der Waals surface area contributed by atoms with E-state index in [4.69, 9.17) is 0 Å². The molecule has 1 aromatic heterocycles. The zero-order valence-corrected chi connectivity index (χ0v) is 21.6. The number of rotatable bonds is 4. The van der Waals surface area contributed by atoms with Crippen molar-refractivity contribution in [2.45, 2.75) is 57.7 Å². The second-order valence-corrected chi connectivity index (χ2v) is 10.6. The number of allylic oxidation sites excluding steroid dienone is 2. The maximum absolute atomic E-state index is 15.0. The number of aromatic hydroxyl groups is 1. The third-order valence-corrected chi connectivity index (χ3v) is 6.49. The first-order valence-electron chi connectivity index (χ1n) is 11.4. The molecule has 184 valence electrons. The van der Waals surface area contributed by atoms with Crippen molar-refractivity contribution in [1.29, 1.82) is 0 Å². The number of nitrogens with zero attached hydrogens (tertiary/aromatic N) is 4. The molecule has 1 fully saturated rings. The van der Waals surface area contributed by atoms with Gasteiger partial charge in [0.05, 0.1) is 11.3 Å². The van der Waals surface area contributed by atoms with Crippen molar-refractivity contribution in [3.8, 4) is 17.0 Å². The molecular formula is C26H35ClFN5O. The molecule has 0 amide bonds. The van der Waals surface area contributed by atoms with E-state index < -0.39 is 5.82 Å². The van der Waals surface area contributed by atoms with E-state index in [1.165, 1.54) is 6.07 Å². The molecule has 1 saturated heterocycles. The Kier molecular flexibility index (Phi) is 7.29. The molecule has 0 aliphatic carbocycles. The van der Waals surface area contributed by atoms with Gasteiger partial charge in [-0.15, -0.1) is 22.6 Å². The van der Waals surface area contributed by atoms with Gasteiger partial charge in [-0.1, -0.05) is 6.08 Å². The molecule has 2 aromatic rings. The molecule has 0 spiro atoms. The van der Waals surface area contributed by atoms with Crippen LogP contribution in [0.4, 0.5) is 10.2 Å². The molecule has 1 aromatic carbocycles. The lowest BCUT2D eigenvalue weighted by molar-refractivity contribution is 0.160. The summed E-state index contributed by atoms with van der Waals surface area (Å²) in [5, 5.41) is 23.0. The minimum atomic E-state index is -0.518. The molecule has 2 aliphatic rings. The van der Waals surface area contributed by atoms with Crippen LogP contribution in [-0.4, -0.2) is 58.0 Å². The van der Waals surface area contributed by atoms with Crippen LogP contribution < -0.4 is 10.2 Å². The molecule has 0 bridgehead atoms. The van der Waals surface area contributed by atoms with Gasteiger partial charge in [-0.05, 0) is 88.2 Å². The first-order chi connectivity index (χ1) is 15.4. The molecule has 0 radical (unpaired) electrons. The van der Waals surface area contributed by atoms with E-state index in [0.29, 0.717) is 17.3 Å². The maximum Gasteiger partial charge on any atom is 0.151 e. The van der Waals surface area contributed by atoms with E-state index in [-0.39, 0.29) is 34.8 Å². The summed E-state index contributed by atoms with van der Waals surface area (Å²) in [5.74, 6) is 0.0707. The number of benzene rings is 1. The summed E-state index contributed by atoms with van der Waals surface area (Å²) in [4.78, 5) is 4.17. The number of nitrogens with one attached hydrogen (secondary N) is 1. The fourth-order valence-electron chi connectivity index (χ4n) is 5.18. The summed E-state index contributed by atoms with van der Waals surface area (Å²) in [6.07, 6.45) is 7.80. The molecule has 4 rings (SSSR count). The number of phenolic OH excluding ortho intramolecular Hbond substituents is 1. The summed E-state index contributed by atoms with van der Waals surface area (Å²) >= 11 is 0. The van der Waals surface area contributed by atoms with Crippen LogP contribution in [0.1, 0.15) is 46.1 Å². The van der Waals surface area contributed by atoms with Gasteiger partial charge in [-0.25, -0.2) is 4.39 Å². The smallest absolute Gasteiger partial charge is 0.151 e. The van der Waals surface area contributed by atoms with Gasteiger partial charge in [0.2, 0.25) is 0 Å². The van der Waals surface area contributed by atoms with Gasteiger partial charge < -0.3 is 20.2 Å². The fourth-order valence-corrected chi connectivity index (χ4v) is 5.18. The minimum Gasteiger partial charge on any atom is -0.507 e. The SMILES string of the molecule is CN1C=CC(c2cc(O)c(-c3ccc(N(C)C4CC(C)(C)NC(C)(C)C4)nn3)c(F)c2)=CC1.Cl. The summed E-state index contributed by atoms with van der Waals surface area (Å²) < 4.78 is 15.0. The highest BCUT2D eigenvalue weighted by Gasteiger charge is 2.39. The molecule has 8 heteroatoms. The number of hydrogen-bond donors (Lipinski definition) is 2. The Morgan fingerprint density at radius 2 is 1.79 bits per heavy atom. The zero-order valence-electron chi connectivity index (χ0n) is 20.8. The maximum atomic E-state index is 15.0. The van der Waals surface area contributed by atoms with Crippen molar-refractivity contribution in [2.75, 3.05) is 25.5 Å². The second-order valence-electron chi connectivity index (χ2n) is 10.6. The van der Waals surface area contributed by atoms with Gasteiger partial charge in [0, 0.05) is 37.8 Å². The average molecular weight is 488 g/mol. The Morgan fingerprint density at radius 1 is 1.12 bits per heavy atom. The Balaban J connectivity index is 0.00000324. The third-order valence-electron chi connectivity index (χ3n) is 6.49. The molecule has 2 aliphatic heterocycles. The number of piperidine rings is 1. The highest BCUT2D eigenvalue weighted by atomic mass is 35.5. The number of phenols is 1. The monoisotopic (exact) mass is 487 g/mol. The predicted molar refractivity (Wildman–Crippen MR) is 139 cm³/mol. The second kappa shape index (κ2) is 9.55. The third kappa shape index (κ3) is 5.53. The summed E-state index contributed by atoms with van der Waals surface area (Å²) in [5.41, 5.74) is 1.93. The highest BCUT2D eigenvalue weighted by molar-refractivity contribution is 5.85. The minimum absolute atomic E-state index is 0. The van der Waals surface area contributed by atoms with Crippen molar-refractivity contribution in [1.82, 2.24) is 20.4 Å². The Hall–Kier alpha value is -2.64. The van der Waals surface area contributed by atoms with E-state index in [1.807, 2.05) is 43.4 Å². The van der Waals surface area contributed by atoms with Crippen LogP contribution in [0.3, 0.4) is 0 Å². The number of anilines is 1. The van der Waals surface area contributed by atoms with Crippen LogP contribution in [0.2, 0.25) is 0 Å². The van der Waals surface area contributed by atoms with Gasteiger partial charge in [0.15, 0.2) is 5.82 Å². The van der Waals surface area contributed by atoms with Crippen LogP contribution in [0, 0.1) is 5.82 Å². The van der Waals surface area contributed by atoms with E-state index in [9.17, 15) is 5.11 Å². The number of likely N-dealkylation sites (N-methyl/N-ethyl adjacent to an activating group) is 1. The van der Waals surface area contributed by atoms with Gasteiger partial charge in [0.1, 0.15) is 11.6 Å². The van der Waals surface area contributed by atoms with Crippen molar-refractivity contribution >= 4 is 23.8 Å². The normalized spacial score (nSPS) is 19.4. The highest BCUT2D eigenvalue weighted by Crippen LogP contribution is 2.36. The average Bonchev–Trinajstić information content (AvgIpc) is 2.71. The Labute approximate surface area is 208 Å². The molecule has 3 heterocycles. The standard InChI is InChI=1S/C26H34FN5O.ClH/c1-25(2)15-19(16-26(3,4)30-25)32(6)23-8-7-21(28-29-23)24-20(27)13-18(14-22(24)33)17-9-11-31(5)12-10-17;/h7-11,13-14,19,30,33H,12,15-16H2,1-6H3;1H. The van der Waals surface area contributed by atoms with Gasteiger partial charge in [-0.3, -0.25) is 0 Å². The molecular weight excluding hydrogens is 453 g/mol. The van der Waals surface area contributed by atoms with Crippen LogP contribution >= 0.6 is 12.4 Å². The van der Waals surface area contributed by atoms with Gasteiger partial charge >= 0.3 is 0 Å². The summed E-state index contributed by atoms with van der Waals surface area (Å²) in [7, 11) is 4.00. The zero-order chi connectivity index (χ0) is 24.0. The topological polar surface area (TPSA) is 64.5 Å². The first kappa shape index (κ1) is 26.0. The van der Waals surface area contributed by atoms with Crippen molar-refractivity contribution < 1.29 is 9.50 Å². The molecule has 6 nitrogen and oxygen atoms in total. The number of hydrogen-bond acceptors (Lipinski definition) is 6. The van der Waals surface area contributed by atoms with Gasteiger partial charge in [0.25, 0.3) is 0 Å². The number of aromatic nitrogens is 2. The van der Waals surface area contributed by atoms with E-state index in [1.54, 1.807) is 12.1 Å². The predicted octanol–water partition coefficient (Wildman–Crippen LogP) is 5.00. The van der Waals surface area contributed by atoms with Crippen LogP contribution in [-0.2, 0) is 0 Å². The molecule has 0 saturated carbocycles. The first-order valence-corrected chi connectivity index (χ1v) is 11.4. The summed E-state index contributed by atoms with van der Waals surface area (Å²) in [6.45, 7) is 9.61. The van der Waals surface area contributed by atoms with Crippen LogP contribution in [0.25, 0.3) is 16.8 Å². The van der Waals surface area contributed by atoms with E-state index >= 15 is 4.39 Å². The lowest BCUT2D eigenvalue weighted by Gasteiger charge is -2.49. The Bertz CT molecular complexity index is 1060. The van der Waals surface area contributed by atoms with Crippen LogP contribution in [0.5, 0.6) is 5.75 Å². The van der Waals surface area contributed by atoms with Crippen molar-refractivity contribution in [2.24, 2.45) is 0 Å². The fraction of sp³-hybridized carbons (Fsp3) is 0.462. The molecule has 0 unspecified atom stereocenters. The van der Waals surface area contributed by atoms with E-state index in [0.717, 1.165) is 30.8 Å². The van der Waals surface area contributed by atoms with Crippen LogP contribution in [0.15, 0.2) is 42.6 Å². The largest absolute Gasteiger partial charge is 0.507 e. The Morgan fingerprint density at radius 3 is 2.32 bits per heavy atom. The lowest BCUT2D eigenvalue weighted by Crippen LogP contribution is -2.62. The van der Waals surface area contributed by atoms with E-state index in [2.05, 4.69) is 48.1 Å². The molecule has 0 atom stereocenters.